The van der Waals surface area contributed by atoms with Crippen LogP contribution in [-0.4, -0.2) is 35.0 Å². The van der Waals surface area contributed by atoms with E-state index in [2.05, 4.69) is 26.5 Å². The van der Waals surface area contributed by atoms with E-state index in [1.165, 1.54) is 5.57 Å². The third-order valence-corrected chi connectivity index (χ3v) is 6.19. The Morgan fingerprint density at radius 2 is 2.12 bits per heavy atom. The van der Waals surface area contributed by atoms with E-state index in [9.17, 15) is 9.90 Å². The Morgan fingerprint density at radius 3 is 2.88 bits per heavy atom. The molecule has 2 bridgehead atoms. The molecular formula is C20H30O4. The van der Waals surface area contributed by atoms with Gasteiger partial charge in [-0.05, 0) is 58.3 Å². The Hall–Kier alpha value is -1.13. The van der Waals surface area contributed by atoms with Gasteiger partial charge in [-0.25, -0.2) is 4.79 Å². The summed E-state index contributed by atoms with van der Waals surface area (Å²) in [4.78, 5) is 12.2. The topological polar surface area (TPSA) is 55.8 Å². The molecule has 2 fully saturated rings. The molecule has 0 aromatic heterocycles. The quantitative estimate of drug-likeness (QED) is 0.418. The Bertz CT molecular complexity index is 552. The number of carbonyl (C=O) groups excluding carboxylic acids is 1. The maximum absolute atomic E-state index is 12.2. The lowest BCUT2D eigenvalue weighted by Crippen LogP contribution is -2.60. The van der Waals surface area contributed by atoms with Crippen LogP contribution in [0.4, 0.5) is 0 Å². The van der Waals surface area contributed by atoms with Crippen molar-refractivity contribution in [3.05, 3.63) is 23.8 Å². The van der Waals surface area contributed by atoms with Crippen molar-refractivity contribution in [3.63, 3.8) is 0 Å². The fourth-order valence-electron chi connectivity index (χ4n) is 4.39. The van der Waals surface area contributed by atoms with Crippen LogP contribution in [0.5, 0.6) is 0 Å². The maximum atomic E-state index is 12.2. The van der Waals surface area contributed by atoms with Crippen LogP contribution in [-0.2, 0) is 14.3 Å². The third kappa shape index (κ3) is 3.18. The minimum absolute atomic E-state index is 0.137. The monoisotopic (exact) mass is 334 g/mol. The van der Waals surface area contributed by atoms with Gasteiger partial charge in [0.05, 0.1) is 11.7 Å². The standard InChI is InChI=1S/C20H30O4/c1-12-7-5-9-13(2)17-18-15(14(3)19(22)23-17)11-16(21)20(4,24-18)10-6-8-12/h8,13,15-18,21H,3,5-7,9-11H2,1-2,4H3/b12-8-. The van der Waals surface area contributed by atoms with E-state index in [-0.39, 0.29) is 30.0 Å². The lowest BCUT2D eigenvalue weighted by molar-refractivity contribution is -0.244. The highest BCUT2D eigenvalue weighted by Crippen LogP contribution is 2.45. The summed E-state index contributed by atoms with van der Waals surface area (Å²) in [6, 6.07) is 0. The molecule has 3 aliphatic rings. The van der Waals surface area contributed by atoms with Gasteiger partial charge in [0.2, 0.25) is 0 Å². The van der Waals surface area contributed by atoms with Crippen molar-refractivity contribution in [3.8, 4) is 0 Å². The molecule has 2 saturated heterocycles. The van der Waals surface area contributed by atoms with Gasteiger partial charge in [0.15, 0.2) is 0 Å². The molecule has 0 aliphatic carbocycles. The molecular weight excluding hydrogens is 304 g/mol. The van der Waals surface area contributed by atoms with Gasteiger partial charge < -0.3 is 14.6 Å². The van der Waals surface area contributed by atoms with E-state index in [0.717, 1.165) is 32.1 Å². The van der Waals surface area contributed by atoms with Gasteiger partial charge in [-0.3, -0.25) is 0 Å². The molecule has 1 N–H and O–H groups in total. The van der Waals surface area contributed by atoms with Crippen molar-refractivity contribution < 1.29 is 19.4 Å². The number of carbonyl (C=O) groups is 1. The number of aliphatic hydroxyl groups excluding tert-OH is 1. The van der Waals surface area contributed by atoms with Crippen LogP contribution >= 0.6 is 0 Å². The van der Waals surface area contributed by atoms with Gasteiger partial charge in [0.1, 0.15) is 12.2 Å². The van der Waals surface area contributed by atoms with E-state index in [0.29, 0.717) is 12.0 Å². The van der Waals surface area contributed by atoms with Gasteiger partial charge in [0.25, 0.3) is 0 Å². The molecule has 4 nitrogen and oxygen atoms in total. The maximum Gasteiger partial charge on any atom is 0.334 e. The highest BCUT2D eigenvalue weighted by atomic mass is 16.6. The number of hydrogen-bond acceptors (Lipinski definition) is 4. The van der Waals surface area contributed by atoms with Crippen molar-refractivity contribution in [2.45, 2.75) is 83.2 Å². The van der Waals surface area contributed by atoms with E-state index >= 15 is 0 Å². The first-order valence-electron chi connectivity index (χ1n) is 9.23. The summed E-state index contributed by atoms with van der Waals surface area (Å²) in [7, 11) is 0. The summed E-state index contributed by atoms with van der Waals surface area (Å²) >= 11 is 0. The molecule has 0 aromatic carbocycles. The van der Waals surface area contributed by atoms with Crippen molar-refractivity contribution in [1.82, 2.24) is 0 Å². The first-order chi connectivity index (χ1) is 11.3. The molecule has 0 saturated carbocycles. The molecule has 0 aromatic rings. The molecule has 134 valence electrons. The van der Waals surface area contributed by atoms with Crippen LogP contribution in [0.3, 0.4) is 0 Å². The Labute approximate surface area is 144 Å². The predicted octanol–water partition coefficient (Wildman–Crippen LogP) is 3.54. The Kier molecular flexibility index (Phi) is 4.89. The molecule has 6 unspecified atom stereocenters. The average molecular weight is 334 g/mol. The van der Waals surface area contributed by atoms with Gasteiger partial charge in [-0.15, -0.1) is 0 Å². The van der Waals surface area contributed by atoms with Crippen LogP contribution < -0.4 is 0 Å². The number of hydrogen-bond donors (Lipinski definition) is 1. The van der Waals surface area contributed by atoms with Crippen LogP contribution in [0.15, 0.2) is 23.8 Å². The van der Waals surface area contributed by atoms with Crippen molar-refractivity contribution >= 4 is 5.97 Å². The molecule has 0 radical (unpaired) electrons. The minimum atomic E-state index is -0.598. The zero-order chi connectivity index (χ0) is 17.5. The van der Waals surface area contributed by atoms with E-state index < -0.39 is 11.7 Å². The van der Waals surface area contributed by atoms with Gasteiger partial charge >= 0.3 is 5.97 Å². The minimum Gasteiger partial charge on any atom is -0.456 e. The number of ether oxygens (including phenoxy) is 2. The Balaban J connectivity index is 1.94. The van der Waals surface area contributed by atoms with Crippen LogP contribution in [0.25, 0.3) is 0 Å². The zero-order valence-electron chi connectivity index (χ0n) is 15.1. The molecule has 0 amide bonds. The first kappa shape index (κ1) is 17.7. The van der Waals surface area contributed by atoms with Gasteiger partial charge in [0, 0.05) is 11.5 Å². The number of esters is 1. The number of aliphatic hydroxyl groups is 1. The van der Waals surface area contributed by atoms with E-state index in [4.69, 9.17) is 9.47 Å². The van der Waals surface area contributed by atoms with Crippen molar-refractivity contribution in [1.29, 1.82) is 0 Å². The second kappa shape index (κ2) is 6.64. The lowest BCUT2D eigenvalue weighted by atomic mass is 9.73. The molecule has 3 heterocycles. The normalized spacial score (nSPS) is 46.2. The molecule has 3 aliphatic heterocycles. The highest BCUT2D eigenvalue weighted by molar-refractivity contribution is 5.89. The lowest BCUT2D eigenvalue weighted by Gasteiger charge is -2.51. The fraction of sp³-hybridized carbons (Fsp3) is 0.750. The molecule has 24 heavy (non-hydrogen) atoms. The van der Waals surface area contributed by atoms with Gasteiger partial charge in [-0.2, -0.15) is 0 Å². The molecule has 3 rings (SSSR count). The SMILES string of the molecule is C=C1C(=O)OC2C(C)CCC/C(C)=C\CCC3(C)OC2C1CC3O. The third-order valence-electron chi connectivity index (χ3n) is 6.19. The first-order valence-corrected chi connectivity index (χ1v) is 9.23. The summed E-state index contributed by atoms with van der Waals surface area (Å²) in [6.45, 7) is 10.2. The average Bonchev–Trinajstić information content (AvgIpc) is 2.52. The largest absolute Gasteiger partial charge is 0.456 e. The second-order valence-corrected chi connectivity index (χ2v) is 8.11. The molecule has 0 spiro atoms. The smallest absolute Gasteiger partial charge is 0.334 e. The molecule has 6 atom stereocenters. The number of fused-ring (bicyclic) bond motifs is 1. The Morgan fingerprint density at radius 1 is 1.38 bits per heavy atom. The summed E-state index contributed by atoms with van der Waals surface area (Å²) < 4.78 is 12.2. The van der Waals surface area contributed by atoms with Crippen molar-refractivity contribution in [2.24, 2.45) is 11.8 Å². The van der Waals surface area contributed by atoms with E-state index in [1.54, 1.807) is 0 Å². The number of allylic oxidation sites excluding steroid dienone is 2. The summed E-state index contributed by atoms with van der Waals surface area (Å²) in [5.74, 6) is -0.223. The van der Waals surface area contributed by atoms with Crippen LogP contribution in [0.1, 0.15) is 59.3 Å². The van der Waals surface area contributed by atoms with Crippen LogP contribution in [0.2, 0.25) is 0 Å². The van der Waals surface area contributed by atoms with Crippen molar-refractivity contribution in [2.75, 3.05) is 0 Å². The summed E-state index contributed by atoms with van der Waals surface area (Å²) in [5.41, 5.74) is 1.24. The highest BCUT2D eigenvalue weighted by Gasteiger charge is 2.53. The van der Waals surface area contributed by atoms with Crippen LogP contribution in [0, 0.1) is 11.8 Å². The predicted molar refractivity (Wildman–Crippen MR) is 92.4 cm³/mol. The van der Waals surface area contributed by atoms with Gasteiger partial charge in [-0.1, -0.05) is 25.2 Å². The number of rotatable bonds is 0. The molecule has 4 heteroatoms. The zero-order valence-corrected chi connectivity index (χ0v) is 15.1. The fourth-order valence-corrected chi connectivity index (χ4v) is 4.39. The van der Waals surface area contributed by atoms with E-state index in [1.807, 2.05) is 6.92 Å². The summed E-state index contributed by atoms with van der Waals surface area (Å²) in [5, 5.41) is 10.7. The summed E-state index contributed by atoms with van der Waals surface area (Å²) in [6.07, 6.45) is 6.62. The second-order valence-electron chi connectivity index (χ2n) is 8.11.